The number of thiophene rings is 1. The summed E-state index contributed by atoms with van der Waals surface area (Å²) in [5, 5.41) is 40.3. The second-order valence-electron chi connectivity index (χ2n) is 9.07. The molecule has 0 saturated heterocycles. The van der Waals surface area contributed by atoms with E-state index < -0.39 is 0 Å². The van der Waals surface area contributed by atoms with Crippen LogP contribution in [0, 0.1) is 45.3 Å². The summed E-state index contributed by atoms with van der Waals surface area (Å²) in [5.41, 5.74) is 5.67. The summed E-state index contributed by atoms with van der Waals surface area (Å²) < 4.78 is 2.30. The molecular formula is C34H17N5S. The van der Waals surface area contributed by atoms with Crippen LogP contribution in [-0.2, 0) is 0 Å². The number of nitrogens with zero attached hydrogens (tertiary/aromatic N) is 5. The minimum absolute atomic E-state index is 0.312. The second-order valence-corrected chi connectivity index (χ2v) is 10.1. The maximum absolute atomic E-state index is 9.75. The zero-order chi connectivity index (χ0) is 27.6. The molecule has 40 heavy (non-hydrogen) atoms. The first-order valence-electron chi connectivity index (χ1n) is 12.3. The van der Waals surface area contributed by atoms with Crippen molar-refractivity contribution in [1.29, 1.82) is 21.0 Å². The first-order chi connectivity index (χ1) is 19.6. The molecule has 6 rings (SSSR count). The summed E-state index contributed by atoms with van der Waals surface area (Å²) in [5.74, 6) is 0. The van der Waals surface area contributed by atoms with Crippen molar-refractivity contribution in [2.45, 2.75) is 0 Å². The molecule has 0 bridgehead atoms. The summed E-state index contributed by atoms with van der Waals surface area (Å²) in [4.78, 5) is 2.10. The van der Waals surface area contributed by atoms with Gasteiger partial charge in [0.05, 0.1) is 32.6 Å². The quantitative estimate of drug-likeness (QED) is 0.228. The molecule has 6 heteroatoms. The lowest BCUT2D eigenvalue weighted by Crippen LogP contribution is -2.10. The molecule has 5 aromatic carbocycles. The number of hydrogen-bond donors (Lipinski definition) is 0. The molecule has 0 unspecified atom stereocenters. The first kappa shape index (κ1) is 24.4. The van der Waals surface area contributed by atoms with E-state index in [1.54, 1.807) is 35.6 Å². The van der Waals surface area contributed by atoms with E-state index in [0.717, 1.165) is 38.3 Å². The van der Waals surface area contributed by atoms with Crippen LogP contribution < -0.4 is 4.90 Å². The first-order valence-corrected chi connectivity index (χ1v) is 13.2. The van der Waals surface area contributed by atoms with Crippen LogP contribution in [0.4, 0.5) is 17.1 Å². The smallest absolute Gasteiger partial charge is 0.101 e. The molecule has 0 fully saturated rings. The van der Waals surface area contributed by atoms with Crippen molar-refractivity contribution in [3.63, 3.8) is 0 Å². The van der Waals surface area contributed by atoms with E-state index in [1.807, 2.05) is 54.6 Å². The van der Waals surface area contributed by atoms with Crippen LogP contribution in [0.15, 0.2) is 103 Å². The van der Waals surface area contributed by atoms with Crippen molar-refractivity contribution < 1.29 is 0 Å². The molecule has 0 aliphatic rings. The molecule has 0 spiro atoms. The SMILES string of the molecule is N#Cc1ccc(-c2ccc(N(c3ccc(C#N)c(C#N)c3)c3cccc4c3sc3ccccc34)cc2)cc1C#N. The molecule has 6 aromatic rings. The van der Waals surface area contributed by atoms with Crippen LogP contribution in [0.2, 0.25) is 0 Å². The Morgan fingerprint density at radius 1 is 0.500 bits per heavy atom. The predicted molar refractivity (Wildman–Crippen MR) is 158 cm³/mol. The Balaban J connectivity index is 1.54. The Labute approximate surface area is 234 Å². The Bertz CT molecular complexity index is 2110. The fraction of sp³-hybridized carbons (Fsp3) is 0. The molecule has 0 saturated carbocycles. The fourth-order valence-electron chi connectivity index (χ4n) is 4.91. The van der Waals surface area contributed by atoms with E-state index in [0.29, 0.717) is 22.3 Å². The number of benzene rings is 5. The average molecular weight is 528 g/mol. The Morgan fingerprint density at radius 3 is 1.82 bits per heavy atom. The minimum Gasteiger partial charge on any atom is -0.309 e. The van der Waals surface area contributed by atoms with E-state index in [2.05, 4.69) is 53.4 Å². The molecule has 0 aliphatic carbocycles. The van der Waals surface area contributed by atoms with Gasteiger partial charge in [-0.2, -0.15) is 21.0 Å². The van der Waals surface area contributed by atoms with Gasteiger partial charge in [-0.3, -0.25) is 0 Å². The number of nitriles is 4. The topological polar surface area (TPSA) is 98.4 Å². The number of fused-ring (bicyclic) bond motifs is 3. The standard InChI is InChI=1S/C34H17N5S/c35-18-24-9-8-23(16-26(24)20-37)22-10-13-28(14-11-22)39(29-15-12-25(19-36)27(17-29)21-38)32-6-3-5-31-30-4-1-2-7-33(30)40-34(31)32/h1-17H. The lowest BCUT2D eigenvalue weighted by molar-refractivity contribution is 1.29. The van der Waals surface area contributed by atoms with E-state index in [-0.39, 0.29) is 0 Å². The third-order valence-corrected chi connectivity index (χ3v) is 8.06. The van der Waals surface area contributed by atoms with Crippen molar-refractivity contribution in [1.82, 2.24) is 0 Å². The van der Waals surface area contributed by atoms with Crippen LogP contribution in [0.3, 0.4) is 0 Å². The third-order valence-electron chi connectivity index (χ3n) is 6.85. The number of rotatable bonds is 4. The Kier molecular flexibility index (Phi) is 6.16. The molecule has 0 N–H and O–H groups in total. The third kappa shape index (κ3) is 4.09. The summed E-state index contributed by atoms with van der Waals surface area (Å²) in [6, 6.07) is 41.4. The summed E-state index contributed by atoms with van der Waals surface area (Å²) in [6.45, 7) is 0. The van der Waals surface area contributed by atoms with Gasteiger partial charge in [0.1, 0.15) is 24.3 Å². The van der Waals surface area contributed by atoms with E-state index in [4.69, 9.17) is 0 Å². The monoisotopic (exact) mass is 527 g/mol. The number of hydrogen-bond acceptors (Lipinski definition) is 6. The largest absolute Gasteiger partial charge is 0.309 e. The summed E-state index contributed by atoms with van der Waals surface area (Å²) in [7, 11) is 0. The maximum Gasteiger partial charge on any atom is 0.101 e. The minimum atomic E-state index is 0.312. The van der Waals surface area contributed by atoms with Gasteiger partial charge in [0.25, 0.3) is 0 Å². The molecule has 5 nitrogen and oxygen atoms in total. The molecule has 1 aromatic heterocycles. The zero-order valence-electron chi connectivity index (χ0n) is 21.0. The summed E-state index contributed by atoms with van der Waals surface area (Å²) in [6.07, 6.45) is 0. The van der Waals surface area contributed by atoms with E-state index >= 15 is 0 Å². The van der Waals surface area contributed by atoms with E-state index in [1.165, 1.54) is 10.1 Å². The lowest BCUT2D eigenvalue weighted by atomic mass is 9.99. The highest BCUT2D eigenvalue weighted by Gasteiger charge is 2.19. The molecule has 0 atom stereocenters. The second kappa shape index (κ2) is 10.1. The molecule has 0 amide bonds. The lowest BCUT2D eigenvalue weighted by Gasteiger charge is -2.26. The zero-order valence-corrected chi connectivity index (χ0v) is 21.8. The Morgan fingerprint density at radius 2 is 1.10 bits per heavy atom. The Hall–Kier alpha value is -5.92. The van der Waals surface area contributed by atoms with Gasteiger partial charge in [0, 0.05) is 26.8 Å². The van der Waals surface area contributed by atoms with Crippen molar-refractivity contribution in [3.05, 3.63) is 125 Å². The molecular weight excluding hydrogens is 510 g/mol. The maximum atomic E-state index is 9.75. The predicted octanol–water partition coefficient (Wildman–Crippen LogP) is 8.68. The normalized spacial score (nSPS) is 10.4. The fourth-order valence-corrected chi connectivity index (χ4v) is 6.12. The van der Waals surface area contributed by atoms with Crippen molar-refractivity contribution in [2.24, 2.45) is 0 Å². The van der Waals surface area contributed by atoms with Crippen LogP contribution >= 0.6 is 11.3 Å². The van der Waals surface area contributed by atoms with Crippen molar-refractivity contribution >= 4 is 48.6 Å². The van der Waals surface area contributed by atoms with Gasteiger partial charge in [-0.05, 0) is 65.7 Å². The van der Waals surface area contributed by atoms with Crippen LogP contribution in [0.5, 0.6) is 0 Å². The van der Waals surface area contributed by atoms with Crippen LogP contribution in [-0.4, -0.2) is 0 Å². The van der Waals surface area contributed by atoms with E-state index in [9.17, 15) is 21.0 Å². The van der Waals surface area contributed by atoms with Gasteiger partial charge in [-0.1, -0.05) is 48.5 Å². The number of anilines is 3. The summed E-state index contributed by atoms with van der Waals surface area (Å²) >= 11 is 1.72. The van der Waals surface area contributed by atoms with Gasteiger partial charge in [0.15, 0.2) is 0 Å². The molecule has 184 valence electrons. The molecule has 0 aliphatic heterocycles. The molecule has 0 radical (unpaired) electrons. The average Bonchev–Trinajstić information content (AvgIpc) is 3.40. The van der Waals surface area contributed by atoms with Gasteiger partial charge in [-0.15, -0.1) is 11.3 Å². The van der Waals surface area contributed by atoms with Crippen molar-refractivity contribution in [3.8, 4) is 35.4 Å². The van der Waals surface area contributed by atoms with Gasteiger partial charge < -0.3 is 4.90 Å². The highest BCUT2D eigenvalue weighted by molar-refractivity contribution is 7.26. The van der Waals surface area contributed by atoms with Crippen molar-refractivity contribution in [2.75, 3.05) is 4.90 Å². The highest BCUT2D eigenvalue weighted by Crippen LogP contribution is 2.45. The van der Waals surface area contributed by atoms with Gasteiger partial charge >= 0.3 is 0 Å². The van der Waals surface area contributed by atoms with Crippen LogP contribution in [0.1, 0.15) is 22.3 Å². The van der Waals surface area contributed by atoms with Gasteiger partial charge in [-0.25, -0.2) is 0 Å². The van der Waals surface area contributed by atoms with Gasteiger partial charge in [0.2, 0.25) is 0 Å². The highest BCUT2D eigenvalue weighted by atomic mass is 32.1. The molecule has 1 heterocycles. The van der Waals surface area contributed by atoms with Crippen LogP contribution in [0.25, 0.3) is 31.3 Å².